The fourth-order valence-electron chi connectivity index (χ4n) is 2.42. The van der Waals surface area contributed by atoms with Crippen LogP contribution in [0.1, 0.15) is 16.3 Å². The molecule has 100 valence electrons. The summed E-state index contributed by atoms with van der Waals surface area (Å²) in [7, 11) is 0. The van der Waals surface area contributed by atoms with Crippen molar-refractivity contribution in [3.05, 3.63) is 45.9 Å². The number of fused-ring (bicyclic) bond motifs is 1. The third kappa shape index (κ3) is 2.84. The lowest BCUT2D eigenvalue weighted by molar-refractivity contribution is 0.505. The minimum absolute atomic E-state index is 0.267. The Bertz CT molecular complexity index is 542. The highest BCUT2D eigenvalue weighted by atomic mass is 32.2. The maximum Gasteiger partial charge on any atom is 0.0944 e. The van der Waals surface area contributed by atoms with Gasteiger partial charge in [0.05, 0.1) is 5.01 Å². The first-order valence-corrected chi connectivity index (χ1v) is 8.14. The van der Waals surface area contributed by atoms with Crippen LogP contribution in [0, 0.1) is 6.92 Å². The molecule has 1 aliphatic rings. The lowest BCUT2D eigenvalue weighted by atomic mass is 10.0. The number of aromatic nitrogens is 1. The van der Waals surface area contributed by atoms with E-state index in [2.05, 4.69) is 40.1 Å². The zero-order chi connectivity index (χ0) is 13.2. The second-order valence-corrected chi connectivity index (χ2v) is 7.05. The Labute approximate surface area is 121 Å². The van der Waals surface area contributed by atoms with Crippen LogP contribution in [-0.4, -0.2) is 16.3 Å². The maximum absolute atomic E-state index is 5.76. The van der Waals surface area contributed by atoms with Crippen molar-refractivity contribution in [1.29, 1.82) is 0 Å². The highest BCUT2D eigenvalue weighted by molar-refractivity contribution is 8.00. The number of benzene rings is 1. The number of hydrazine groups is 1. The van der Waals surface area contributed by atoms with Gasteiger partial charge in [-0.1, -0.05) is 18.2 Å². The van der Waals surface area contributed by atoms with Crippen LogP contribution in [0.15, 0.2) is 34.5 Å². The summed E-state index contributed by atoms with van der Waals surface area (Å²) < 4.78 is 0. The van der Waals surface area contributed by atoms with E-state index in [9.17, 15) is 0 Å². The van der Waals surface area contributed by atoms with Crippen LogP contribution in [-0.2, 0) is 12.8 Å². The molecule has 2 unspecified atom stereocenters. The third-order valence-electron chi connectivity index (χ3n) is 3.40. The topological polar surface area (TPSA) is 50.9 Å². The molecule has 3 N–H and O–H groups in total. The number of thioether (sulfide) groups is 1. The second kappa shape index (κ2) is 5.63. The van der Waals surface area contributed by atoms with Crippen molar-refractivity contribution in [3.63, 3.8) is 0 Å². The van der Waals surface area contributed by atoms with Crippen molar-refractivity contribution in [3.8, 4) is 0 Å². The van der Waals surface area contributed by atoms with Gasteiger partial charge in [-0.05, 0) is 25.0 Å². The van der Waals surface area contributed by atoms with Gasteiger partial charge < -0.3 is 0 Å². The normalized spacial score (nSPS) is 19.4. The molecular weight excluding hydrogens is 274 g/mol. The van der Waals surface area contributed by atoms with E-state index in [4.69, 9.17) is 5.84 Å². The number of hydrogen-bond acceptors (Lipinski definition) is 5. The molecule has 0 fully saturated rings. The molecule has 5 heteroatoms. The molecule has 0 aliphatic carbocycles. The summed E-state index contributed by atoms with van der Waals surface area (Å²) in [6, 6.07) is 8.88. The minimum Gasteiger partial charge on any atom is -0.271 e. The first-order valence-electron chi connectivity index (χ1n) is 6.38. The molecule has 3 nitrogen and oxygen atoms in total. The number of rotatable bonds is 4. The number of hydrogen-bond donors (Lipinski definition) is 2. The van der Waals surface area contributed by atoms with Crippen molar-refractivity contribution >= 4 is 23.1 Å². The Hall–Kier alpha value is -0.880. The highest BCUT2D eigenvalue weighted by Gasteiger charge is 2.29. The first-order chi connectivity index (χ1) is 9.26. The molecule has 0 bridgehead atoms. The molecule has 3 rings (SSSR count). The average Bonchev–Trinajstić information content (AvgIpc) is 3.01. The van der Waals surface area contributed by atoms with Gasteiger partial charge in [-0.15, -0.1) is 23.1 Å². The van der Waals surface area contributed by atoms with Crippen molar-refractivity contribution in [2.24, 2.45) is 5.84 Å². The largest absolute Gasteiger partial charge is 0.271 e. The Morgan fingerprint density at radius 2 is 2.32 bits per heavy atom. The Morgan fingerprint density at radius 3 is 3.00 bits per heavy atom. The monoisotopic (exact) mass is 291 g/mol. The molecule has 0 saturated heterocycles. The molecule has 2 heterocycles. The maximum atomic E-state index is 5.76. The van der Waals surface area contributed by atoms with Gasteiger partial charge in [0.1, 0.15) is 0 Å². The van der Waals surface area contributed by atoms with E-state index in [1.54, 1.807) is 11.3 Å². The van der Waals surface area contributed by atoms with Crippen molar-refractivity contribution in [1.82, 2.24) is 10.4 Å². The van der Waals surface area contributed by atoms with Crippen LogP contribution in [0.4, 0.5) is 0 Å². The molecule has 1 aromatic carbocycles. The summed E-state index contributed by atoms with van der Waals surface area (Å²) in [5.41, 5.74) is 5.52. The van der Waals surface area contributed by atoms with Gasteiger partial charge in [0.15, 0.2) is 0 Å². The number of nitrogens with two attached hydrogens (primary N) is 1. The third-order valence-corrected chi connectivity index (χ3v) is 5.84. The zero-order valence-electron chi connectivity index (χ0n) is 10.8. The molecular formula is C14H17N3S2. The quantitative estimate of drug-likeness (QED) is 0.671. The van der Waals surface area contributed by atoms with Crippen molar-refractivity contribution in [2.45, 2.75) is 36.0 Å². The van der Waals surface area contributed by atoms with Crippen LogP contribution >= 0.6 is 23.1 Å². The van der Waals surface area contributed by atoms with Gasteiger partial charge in [-0.3, -0.25) is 11.3 Å². The number of aryl methyl sites for hydroxylation is 1. The second-order valence-electron chi connectivity index (χ2n) is 4.83. The molecule has 0 saturated carbocycles. The van der Waals surface area contributed by atoms with Gasteiger partial charge in [-0.25, -0.2) is 4.98 Å². The summed E-state index contributed by atoms with van der Waals surface area (Å²) in [6.07, 6.45) is 1.99. The fourth-order valence-corrected chi connectivity index (χ4v) is 4.64. The standard InChI is InChI=1S/C14H17N3S2/c1-9-8-18-14(16-9)7-11(17-15)13-6-10-4-2-3-5-12(10)19-13/h2-5,8,11,13,17H,6-7,15H2,1H3. The summed E-state index contributed by atoms with van der Waals surface area (Å²) >= 11 is 3.65. The number of nitrogens with one attached hydrogen (secondary N) is 1. The summed E-state index contributed by atoms with van der Waals surface area (Å²) in [5, 5.41) is 3.75. The smallest absolute Gasteiger partial charge is 0.0944 e. The van der Waals surface area contributed by atoms with Crippen LogP contribution in [0.5, 0.6) is 0 Å². The molecule has 0 radical (unpaired) electrons. The SMILES string of the molecule is Cc1csc(CC(NN)C2Cc3ccccc3S2)n1. The van der Waals surface area contributed by atoms with E-state index in [-0.39, 0.29) is 6.04 Å². The fraction of sp³-hybridized carbons (Fsp3) is 0.357. The van der Waals surface area contributed by atoms with E-state index in [0.29, 0.717) is 5.25 Å². The van der Waals surface area contributed by atoms with Crippen LogP contribution in [0.2, 0.25) is 0 Å². The molecule has 0 amide bonds. The van der Waals surface area contributed by atoms with Gasteiger partial charge in [0.25, 0.3) is 0 Å². The predicted octanol–water partition coefficient (Wildman–Crippen LogP) is 2.54. The first kappa shape index (κ1) is 13.1. The van der Waals surface area contributed by atoms with E-state index in [1.165, 1.54) is 10.5 Å². The number of nitrogens with zero attached hydrogens (tertiary/aromatic N) is 1. The van der Waals surface area contributed by atoms with Crippen LogP contribution in [0.25, 0.3) is 0 Å². The summed E-state index contributed by atoms with van der Waals surface area (Å²) in [5.74, 6) is 5.76. The van der Waals surface area contributed by atoms with Crippen molar-refractivity contribution in [2.75, 3.05) is 0 Å². The van der Waals surface area contributed by atoms with Crippen LogP contribution in [0.3, 0.4) is 0 Å². The number of thiazole rings is 1. The molecule has 1 aliphatic heterocycles. The van der Waals surface area contributed by atoms with E-state index in [0.717, 1.165) is 23.5 Å². The van der Waals surface area contributed by atoms with E-state index >= 15 is 0 Å². The lowest BCUT2D eigenvalue weighted by Gasteiger charge is -2.20. The highest BCUT2D eigenvalue weighted by Crippen LogP contribution is 2.38. The van der Waals surface area contributed by atoms with Gasteiger partial charge >= 0.3 is 0 Å². The van der Waals surface area contributed by atoms with Crippen molar-refractivity contribution < 1.29 is 0 Å². The van der Waals surface area contributed by atoms with E-state index in [1.807, 2.05) is 18.7 Å². The Balaban J connectivity index is 1.71. The Kier molecular flexibility index (Phi) is 3.88. The summed E-state index contributed by atoms with van der Waals surface area (Å²) in [6.45, 7) is 2.03. The van der Waals surface area contributed by atoms with Crippen LogP contribution < -0.4 is 11.3 Å². The molecule has 0 spiro atoms. The molecule has 19 heavy (non-hydrogen) atoms. The molecule has 2 aromatic rings. The zero-order valence-corrected chi connectivity index (χ0v) is 12.4. The Morgan fingerprint density at radius 1 is 1.47 bits per heavy atom. The van der Waals surface area contributed by atoms with Gasteiger partial charge in [0.2, 0.25) is 0 Å². The molecule has 1 aromatic heterocycles. The predicted molar refractivity (Wildman–Crippen MR) is 81.5 cm³/mol. The van der Waals surface area contributed by atoms with Gasteiger partial charge in [0, 0.05) is 33.7 Å². The average molecular weight is 291 g/mol. The lowest BCUT2D eigenvalue weighted by Crippen LogP contribution is -2.44. The molecule has 2 atom stereocenters. The summed E-state index contributed by atoms with van der Waals surface area (Å²) in [4.78, 5) is 5.92. The van der Waals surface area contributed by atoms with E-state index < -0.39 is 0 Å². The minimum atomic E-state index is 0.267. The van der Waals surface area contributed by atoms with Gasteiger partial charge in [-0.2, -0.15) is 0 Å².